The van der Waals surface area contributed by atoms with Gasteiger partial charge in [0, 0.05) is 23.3 Å². The van der Waals surface area contributed by atoms with Gasteiger partial charge < -0.3 is 10.1 Å². The molecule has 1 aromatic carbocycles. The molecule has 172 valence electrons. The van der Waals surface area contributed by atoms with Crippen molar-refractivity contribution >= 4 is 46.2 Å². The molecule has 3 aliphatic rings. The molecule has 0 radical (unpaired) electrons. The first-order chi connectivity index (χ1) is 16.6. The summed E-state index contributed by atoms with van der Waals surface area (Å²) in [5.41, 5.74) is 0.231. The lowest BCUT2D eigenvalue weighted by Crippen LogP contribution is -2.48. The second-order valence-electron chi connectivity index (χ2n) is 8.32. The molecular weight excluding hydrogens is 472 g/mol. The monoisotopic (exact) mass is 492 g/mol. The Morgan fingerprint density at radius 3 is 2.74 bits per heavy atom. The Morgan fingerprint density at radius 2 is 1.94 bits per heavy atom. The van der Waals surface area contributed by atoms with Crippen LogP contribution >= 0.6 is 22.7 Å². The summed E-state index contributed by atoms with van der Waals surface area (Å²) in [6, 6.07) is 14.2. The van der Waals surface area contributed by atoms with Crippen LogP contribution in [0.5, 0.6) is 5.75 Å². The summed E-state index contributed by atoms with van der Waals surface area (Å²) in [5, 5.41) is 12.8. The van der Waals surface area contributed by atoms with E-state index in [1.807, 2.05) is 41.1 Å². The number of hydrogen-bond donors (Lipinski definition) is 1. The molecule has 3 aromatic rings. The van der Waals surface area contributed by atoms with Crippen LogP contribution < -0.4 is 10.1 Å². The SMILES string of the molecule is O=C1N[C@@]2(CCOc3ccccc32)C(=O)N1CC(=O)N1N=C(c2cccs2)C[C@@H]1c1cccs1. The van der Waals surface area contributed by atoms with Crippen molar-refractivity contribution in [3.8, 4) is 5.75 Å². The number of fused-ring (bicyclic) bond motifs is 2. The zero-order valence-electron chi connectivity index (χ0n) is 18.0. The van der Waals surface area contributed by atoms with E-state index in [4.69, 9.17) is 4.74 Å². The maximum Gasteiger partial charge on any atom is 0.325 e. The fourth-order valence-electron chi connectivity index (χ4n) is 4.76. The average Bonchev–Trinajstić information content (AvgIpc) is 3.64. The lowest BCUT2D eigenvalue weighted by atomic mass is 9.84. The van der Waals surface area contributed by atoms with Gasteiger partial charge in [-0.2, -0.15) is 5.10 Å². The number of carbonyl (C=O) groups is 3. The molecule has 2 aromatic heterocycles. The first-order valence-electron chi connectivity index (χ1n) is 10.9. The van der Waals surface area contributed by atoms with Crippen molar-refractivity contribution < 1.29 is 19.1 Å². The maximum absolute atomic E-state index is 13.6. The van der Waals surface area contributed by atoms with Crippen molar-refractivity contribution in [3.63, 3.8) is 0 Å². The van der Waals surface area contributed by atoms with E-state index in [-0.39, 0.29) is 12.6 Å². The number of imide groups is 1. The van der Waals surface area contributed by atoms with Crippen molar-refractivity contribution in [1.29, 1.82) is 0 Å². The number of nitrogens with one attached hydrogen (secondary N) is 1. The number of ether oxygens (including phenoxy) is 1. The minimum absolute atomic E-state index is 0.261. The Kier molecular flexibility index (Phi) is 5.00. The van der Waals surface area contributed by atoms with Gasteiger partial charge in [-0.25, -0.2) is 9.80 Å². The van der Waals surface area contributed by atoms with E-state index in [0.29, 0.717) is 30.8 Å². The molecular formula is C24H20N4O4S2. The first kappa shape index (κ1) is 21.1. The van der Waals surface area contributed by atoms with Gasteiger partial charge in [-0.3, -0.25) is 14.5 Å². The second kappa shape index (κ2) is 8.07. The minimum Gasteiger partial charge on any atom is -0.493 e. The van der Waals surface area contributed by atoms with Crippen LogP contribution in [0.1, 0.15) is 34.2 Å². The van der Waals surface area contributed by atoms with Gasteiger partial charge in [-0.15, -0.1) is 22.7 Å². The highest BCUT2D eigenvalue weighted by atomic mass is 32.1. The van der Waals surface area contributed by atoms with Crippen LogP contribution in [0, 0.1) is 0 Å². The van der Waals surface area contributed by atoms with Gasteiger partial charge in [0.05, 0.1) is 23.2 Å². The van der Waals surface area contributed by atoms with E-state index in [9.17, 15) is 14.4 Å². The maximum atomic E-state index is 13.6. The third-order valence-corrected chi connectivity index (χ3v) is 8.29. The Hall–Kier alpha value is -3.50. The van der Waals surface area contributed by atoms with Crippen molar-refractivity contribution in [1.82, 2.24) is 15.2 Å². The van der Waals surface area contributed by atoms with Crippen LogP contribution in [-0.4, -0.2) is 46.6 Å². The van der Waals surface area contributed by atoms with Crippen molar-refractivity contribution in [2.75, 3.05) is 13.2 Å². The molecule has 1 saturated heterocycles. The smallest absolute Gasteiger partial charge is 0.325 e. The molecule has 1 fully saturated rings. The van der Waals surface area contributed by atoms with Gasteiger partial charge in [0.15, 0.2) is 5.54 Å². The molecule has 6 rings (SSSR count). The molecule has 3 aliphatic heterocycles. The van der Waals surface area contributed by atoms with Gasteiger partial charge in [0.2, 0.25) is 0 Å². The fourth-order valence-corrected chi connectivity index (χ4v) is 6.29. The summed E-state index contributed by atoms with van der Waals surface area (Å²) in [5.74, 6) is -0.264. The number of urea groups is 1. The quantitative estimate of drug-likeness (QED) is 0.562. The molecule has 10 heteroatoms. The van der Waals surface area contributed by atoms with E-state index < -0.39 is 23.4 Å². The summed E-state index contributed by atoms with van der Waals surface area (Å²) in [4.78, 5) is 43.0. The highest BCUT2D eigenvalue weighted by molar-refractivity contribution is 7.12. The zero-order chi connectivity index (χ0) is 23.3. The van der Waals surface area contributed by atoms with Gasteiger partial charge >= 0.3 is 6.03 Å². The molecule has 0 saturated carbocycles. The molecule has 0 unspecified atom stereocenters. The summed E-state index contributed by atoms with van der Waals surface area (Å²) < 4.78 is 5.68. The largest absolute Gasteiger partial charge is 0.493 e. The Morgan fingerprint density at radius 1 is 1.12 bits per heavy atom. The van der Waals surface area contributed by atoms with Crippen LogP contribution in [0.4, 0.5) is 4.79 Å². The van der Waals surface area contributed by atoms with E-state index in [2.05, 4.69) is 10.4 Å². The summed E-state index contributed by atoms with van der Waals surface area (Å²) >= 11 is 3.13. The van der Waals surface area contributed by atoms with Crippen LogP contribution in [0.15, 0.2) is 64.4 Å². The second-order valence-corrected chi connectivity index (χ2v) is 10.2. The van der Waals surface area contributed by atoms with E-state index in [0.717, 1.165) is 20.4 Å². The standard InChI is InChI=1S/C24H20N4O4S2/c29-21(28-17(20-8-4-12-34-20)13-16(26-28)19-7-3-11-33-19)14-27-22(30)24(25-23(27)31)9-10-32-18-6-2-1-5-15(18)24/h1-8,11-12,17H,9-10,13-14H2,(H,25,31)/t17-,24-/m1/s1. The number of hydrazone groups is 1. The summed E-state index contributed by atoms with van der Waals surface area (Å²) in [6.07, 6.45) is 0.892. The van der Waals surface area contributed by atoms with Crippen LogP contribution in [0.25, 0.3) is 0 Å². The number of benzene rings is 1. The zero-order valence-corrected chi connectivity index (χ0v) is 19.6. The first-order valence-corrected chi connectivity index (χ1v) is 12.7. The number of hydrogen-bond acceptors (Lipinski definition) is 7. The highest BCUT2D eigenvalue weighted by Crippen LogP contribution is 2.41. The third kappa shape index (κ3) is 3.24. The normalized spacial score (nSPS) is 23.6. The molecule has 0 bridgehead atoms. The number of rotatable bonds is 4. The van der Waals surface area contributed by atoms with Crippen LogP contribution in [0.2, 0.25) is 0 Å². The molecule has 1 N–H and O–H groups in total. The minimum atomic E-state index is -1.21. The van der Waals surface area contributed by atoms with Gasteiger partial charge in [-0.1, -0.05) is 30.3 Å². The van der Waals surface area contributed by atoms with E-state index in [1.165, 1.54) is 5.01 Å². The van der Waals surface area contributed by atoms with Gasteiger partial charge in [-0.05, 0) is 29.0 Å². The molecule has 5 heterocycles. The Bertz CT molecular complexity index is 1300. The number of amides is 4. The van der Waals surface area contributed by atoms with Gasteiger partial charge in [0.1, 0.15) is 12.3 Å². The number of carbonyl (C=O) groups excluding carboxylic acids is 3. The fraction of sp³-hybridized carbons (Fsp3) is 0.250. The molecule has 34 heavy (non-hydrogen) atoms. The number of thiophene rings is 2. The predicted molar refractivity (Wildman–Crippen MR) is 128 cm³/mol. The molecule has 2 atom stereocenters. The lowest BCUT2D eigenvalue weighted by molar-refractivity contribution is -0.140. The Balaban J connectivity index is 1.29. The van der Waals surface area contributed by atoms with Crippen LogP contribution in [0.3, 0.4) is 0 Å². The van der Waals surface area contributed by atoms with Crippen molar-refractivity contribution in [3.05, 3.63) is 74.6 Å². The Labute approximate surface area is 203 Å². The third-order valence-electron chi connectivity index (χ3n) is 6.39. The highest BCUT2D eigenvalue weighted by Gasteiger charge is 2.55. The molecule has 4 amide bonds. The van der Waals surface area contributed by atoms with Crippen molar-refractivity contribution in [2.45, 2.75) is 24.4 Å². The topological polar surface area (TPSA) is 91.3 Å². The molecule has 1 spiro atoms. The van der Waals surface area contributed by atoms with E-state index >= 15 is 0 Å². The van der Waals surface area contributed by atoms with Crippen molar-refractivity contribution in [2.24, 2.45) is 5.10 Å². The summed E-state index contributed by atoms with van der Waals surface area (Å²) in [7, 11) is 0. The molecule has 0 aliphatic carbocycles. The lowest BCUT2D eigenvalue weighted by Gasteiger charge is -2.33. The van der Waals surface area contributed by atoms with Crippen LogP contribution in [-0.2, 0) is 15.1 Å². The average molecular weight is 493 g/mol. The number of nitrogens with zero attached hydrogens (tertiary/aromatic N) is 3. The van der Waals surface area contributed by atoms with Gasteiger partial charge in [0.25, 0.3) is 11.8 Å². The molecule has 8 nitrogen and oxygen atoms in total. The van der Waals surface area contributed by atoms with E-state index in [1.54, 1.807) is 40.9 Å². The predicted octanol–water partition coefficient (Wildman–Crippen LogP) is 3.72. The number of para-hydroxylation sites is 1. The summed E-state index contributed by atoms with van der Waals surface area (Å²) in [6.45, 7) is -0.0790.